The monoisotopic (exact) mass is 664 g/mol. The first kappa shape index (κ1) is 45.8. The number of rotatable bonds is 37. The average molecular weight is 664 g/mol. The minimum Gasteiger partial charge on any atom is -0.394 e. The van der Waals surface area contributed by atoms with Gasteiger partial charge in [0.15, 0.2) is 0 Å². The second-order valence-corrected chi connectivity index (χ2v) is 14.2. The molecule has 0 aromatic heterocycles. The summed E-state index contributed by atoms with van der Waals surface area (Å²) in [5, 5.41) is 33.4. The quantitative estimate of drug-likeness (QED) is 0.0393. The number of hydrogen-bond donors (Lipinski definition) is 4. The van der Waals surface area contributed by atoms with Crippen molar-refractivity contribution >= 4 is 5.91 Å². The van der Waals surface area contributed by atoms with Crippen molar-refractivity contribution in [3.63, 3.8) is 0 Å². The molecule has 278 valence electrons. The fraction of sp³-hybridized carbons (Fsp3) is 0.881. The van der Waals surface area contributed by atoms with E-state index in [-0.39, 0.29) is 12.5 Å². The molecule has 0 aromatic rings. The number of aliphatic hydroxyl groups excluding tert-OH is 3. The maximum atomic E-state index is 12.4. The highest BCUT2D eigenvalue weighted by molar-refractivity contribution is 5.76. The van der Waals surface area contributed by atoms with Crippen molar-refractivity contribution in [1.82, 2.24) is 5.32 Å². The minimum atomic E-state index is -1.16. The van der Waals surface area contributed by atoms with Crippen LogP contribution in [0, 0.1) is 0 Å². The molecule has 0 aliphatic heterocycles. The molecule has 5 heteroatoms. The van der Waals surface area contributed by atoms with Gasteiger partial charge in [-0.3, -0.25) is 4.79 Å². The van der Waals surface area contributed by atoms with Crippen LogP contribution in [0.1, 0.15) is 213 Å². The predicted octanol–water partition coefficient (Wildman–Crippen LogP) is 11.4. The maximum absolute atomic E-state index is 12.4. The molecule has 0 heterocycles. The van der Waals surface area contributed by atoms with Gasteiger partial charge in [0.25, 0.3) is 0 Å². The van der Waals surface area contributed by atoms with Crippen molar-refractivity contribution in [1.29, 1.82) is 0 Å². The van der Waals surface area contributed by atoms with Gasteiger partial charge in [0.05, 0.1) is 18.8 Å². The van der Waals surface area contributed by atoms with E-state index in [0.29, 0.717) is 12.8 Å². The molecule has 3 unspecified atom stereocenters. The van der Waals surface area contributed by atoms with Crippen LogP contribution in [-0.2, 0) is 4.79 Å². The Labute approximate surface area is 292 Å². The van der Waals surface area contributed by atoms with E-state index in [4.69, 9.17) is 0 Å². The molecule has 1 amide bonds. The molecular weight excluding hydrogens is 582 g/mol. The van der Waals surface area contributed by atoms with Gasteiger partial charge in [0.2, 0.25) is 5.91 Å². The summed E-state index contributed by atoms with van der Waals surface area (Å²) in [6.07, 6.45) is 44.2. The Hall–Kier alpha value is -1.17. The van der Waals surface area contributed by atoms with E-state index < -0.39 is 18.2 Å². The molecule has 0 saturated heterocycles. The number of allylic oxidation sites excluding steroid dienone is 4. The molecule has 0 rings (SSSR count). The van der Waals surface area contributed by atoms with Gasteiger partial charge in [-0.2, -0.15) is 0 Å². The first-order chi connectivity index (χ1) is 23.1. The summed E-state index contributed by atoms with van der Waals surface area (Å²) in [7, 11) is 0. The number of carbonyl (C=O) groups excluding carboxylic acids is 1. The van der Waals surface area contributed by atoms with E-state index in [2.05, 4.69) is 43.5 Å². The molecule has 0 aromatic carbocycles. The van der Waals surface area contributed by atoms with Crippen LogP contribution in [0.5, 0.6) is 0 Å². The molecule has 0 spiro atoms. The van der Waals surface area contributed by atoms with Crippen molar-refractivity contribution in [2.24, 2.45) is 0 Å². The fourth-order valence-electron chi connectivity index (χ4n) is 6.30. The Kier molecular flexibility index (Phi) is 36.7. The Bertz CT molecular complexity index is 694. The zero-order valence-electron chi connectivity index (χ0n) is 31.4. The number of amides is 1. The van der Waals surface area contributed by atoms with E-state index >= 15 is 0 Å². The summed E-state index contributed by atoms with van der Waals surface area (Å²) in [5.41, 5.74) is 0. The average Bonchev–Trinajstić information content (AvgIpc) is 3.07. The van der Waals surface area contributed by atoms with Crippen LogP contribution in [0.15, 0.2) is 24.3 Å². The van der Waals surface area contributed by atoms with Gasteiger partial charge in [0.1, 0.15) is 6.10 Å². The smallest absolute Gasteiger partial charge is 0.220 e. The molecule has 0 aliphatic carbocycles. The Balaban J connectivity index is 3.69. The Morgan fingerprint density at radius 2 is 0.872 bits per heavy atom. The molecule has 0 aliphatic rings. The van der Waals surface area contributed by atoms with Gasteiger partial charge in [-0.25, -0.2) is 0 Å². The van der Waals surface area contributed by atoms with Crippen LogP contribution < -0.4 is 5.32 Å². The lowest BCUT2D eigenvalue weighted by Gasteiger charge is -2.26. The van der Waals surface area contributed by atoms with Crippen LogP contribution in [0.25, 0.3) is 0 Å². The molecule has 47 heavy (non-hydrogen) atoms. The second-order valence-electron chi connectivity index (χ2n) is 14.2. The molecule has 5 nitrogen and oxygen atoms in total. The Morgan fingerprint density at radius 1 is 0.511 bits per heavy atom. The maximum Gasteiger partial charge on any atom is 0.220 e. The summed E-state index contributed by atoms with van der Waals surface area (Å²) in [5.74, 6) is -0.157. The SMILES string of the molecule is CCCCCCCC/C=C/CC/C=C/CCCC(O)C(O)C(CO)NC(=O)CCCCCCCCCCCCCCCCCCCC. The van der Waals surface area contributed by atoms with E-state index in [9.17, 15) is 20.1 Å². The van der Waals surface area contributed by atoms with E-state index in [0.717, 1.165) is 44.9 Å². The van der Waals surface area contributed by atoms with Crippen LogP contribution in [0.2, 0.25) is 0 Å². The molecule has 0 fully saturated rings. The van der Waals surface area contributed by atoms with E-state index in [1.807, 2.05) is 0 Å². The zero-order valence-corrected chi connectivity index (χ0v) is 31.4. The number of hydrogen-bond acceptors (Lipinski definition) is 4. The predicted molar refractivity (Wildman–Crippen MR) is 204 cm³/mol. The third-order valence-corrected chi connectivity index (χ3v) is 9.54. The third-order valence-electron chi connectivity index (χ3n) is 9.54. The lowest BCUT2D eigenvalue weighted by Crippen LogP contribution is -2.50. The number of nitrogens with one attached hydrogen (secondary N) is 1. The fourth-order valence-corrected chi connectivity index (χ4v) is 6.30. The zero-order chi connectivity index (χ0) is 34.5. The highest BCUT2D eigenvalue weighted by Gasteiger charge is 2.26. The van der Waals surface area contributed by atoms with Crippen molar-refractivity contribution in [3.05, 3.63) is 24.3 Å². The van der Waals surface area contributed by atoms with Crippen LogP contribution in [0.4, 0.5) is 0 Å². The van der Waals surface area contributed by atoms with Crippen molar-refractivity contribution in [2.75, 3.05) is 6.61 Å². The first-order valence-electron chi connectivity index (χ1n) is 20.6. The normalized spacial score (nSPS) is 13.9. The largest absolute Gasteiger partial charge is 0.394 e. The van der Waals surface area contributed by atoms with Gasteiger partial charge in [-0.1, -0.05) is 179 Å². The number of unbranched alkanes of at least 4 members (excludes halogenated alkanes) is 25. The summed E-state index contributed by atoms with van der Waals surface area (Å²) in [4.78, 5) is 12.4. The second kappa shape index (κ2) is 37.6. The van der Waals surface area contributed by atoms with Crippen molar-refractivity contribution < 1.29 is 20.1 Å². The highest BCUT2D eigenvalue weighted by Crippen LogP contribution is 2.15. The van der Waals surface area contributed by atoms with Gasteiger partial charge >= 0.3 is 0 Å². The summed E-state index contributed by atoms with van der Waals surface area (Å²) >= 11 is 0. The van der Waals surface area contributed by atoms with Crippen LogP contribution >= 0.6 is 0 Å². The summed E-state index contributed by atoms with van der Waals surface area (Å²) in [6.45, 7) is 4.15. The Morgan fingerprint density at radius 3 is 1.30 bits per heavy atom. The lowest BCUT2D eigenvalue weighted by atomic mass is 10.0. The first-order valence-corrected chi connectivity index (χ1v) is 20.6. The topological polar surface area (TPSA) is 89.8 Å². The molecule has 3 atom stereocenters. The summed E-state index contributed by atoms with van der Waals surface area (Å²) in [6, 6.07) is -0.827. The van der Waals surface area contributed by atoms with Crippen LogP contribution in [0.3, 0.4) is 0 Å². The highest BCUT2D eigenvalue weighted by atomic mass is 16.3. The lowest BCUT2D eigenvalue weighted by molar-refractivity contribution is -0.124. The van der Waals surface area contributed by atoms with E-state index in [1.54, 1.807) is 0 Å². The molecule has 0 bridgehead atoms. The number of aliphatic hydroxyl groups is 3. The van der Waals surface area contributed by atoms with Gasteiger partial charge in [-0.15, -0.1) is 0 Å². The van der Waals surface area contributed by atoms with Crippen molar-refractivity contribution in [2.45, 2.75) is 231 Å². The van der Waals surface area contributed by atoms with Gasteiger partial charge < -0.3 is 20.6 Å². The van der Waals surface area contributed by atoms with E-state index in [1.165, 1.54) is 141 Å². The summed E-state index contributed by atoms with van der Waals surface area (Å²) < 4.78 is 0. The molecule has 0 radical (unpaired) electrons. The molecular formula is C42H81NO4. The van der Waals surface area contributed by atoms with Crippen LogP contribution in [-0.4, -0.2) is 46.1 Å². The third kappa shape index (κ3) is 33.1. The van der Waals surface area contributed by atoms with Gasteiger partial charge in [-0.05, 0) is 51.4 Å². The molecule has 0 saturated carbocycles. The van der Waals surface area contributed by atoms with Crippen molar-refractivity contribution in [3.8, 4) is 0 Å². The minimum absolute atomic E-state index is 0.157. The standard InChI is InChI=1S/C42H81NO4/c1-3-5-7-9-11-13-15-17-19-20-21-23-25-27-29-31-33-35-37-41(46)43-39(38-44)42(47)40(45)36-34-32-30-28-26-24-22-18-16-14-12-10-8-6-4-2/h18,22,28,30,39-40,42,44-45,47H,3-17,19-21,23-27,29,31-38H2,1-2H3,(H,43,46)/b22-18+,30-28+. The van der Waals surface area contributed by atoms with Gasteiger partial charge in [0, 0.05) is 6.42 Å². The molecule has 4 N–H and O–H groups in total. The number of carbonyl (C=O) groups is 1.